The molecule has 0 saturated heterocycles. The molecule has 0 amide bonds. The Bertz CT molecular complexity index is 990. The number of aromatic amines is 1. The molecule has 3 aromatic rings. The lowest BCUT2D eigenvalue weighted by molar-refractivity contribution is 0.279. The third kappa shape index (κ3) is 3.33. The molecule has 1 saturated carbocycles. The van der Waals surface area contributed by atoms with E-state index in [4.69, 9.17) is 4.74 Å². The van der Waals surface area contributed by atoms with Crippen molar-refractivity contribution in [3.8, 4) is 5.75 Å². The van der Waals surface area contributed by atoms with Crippen molar-refractivity contribution < 1.29 is 13.2 Å². The maximum absolute atomic E-state index is 12.9. The summed E-state index contributed by atoms with van der Waals surface area (Å²) < 4.78 is 31.7. The van der Waals surface area contributed by atoms with E-state index in [-0.39, 0.29) is 9.92 Å². The van der Waals surface area contributed by atoms with Crippen molar-refractivity contribution in [2.45, 2.75) is 42.0 Å². The van der Waals surface area contributed by atoms with Gasteiger partial charge in [-0.1, -0.05) is 43.9 Å². The van der Waals surface area contributed by atoms with E-state index in [1.54, 1.807) is 42.5 Å². The molecule has 2 aromatic carbocycles. The molecule has 4 rings (SSSR count). The van der Waals surface area contributed by atoms with Crippen molar-refractivity contribution >= 4 is 20.7 Å². The Kier molecular flexibility index (Phi) is 4.68. The Hall–Kier alpha value is -2.34. The summed E-state index contributed by atoms with van der Waals surface area (Å²) in [5.41, 5.74) is 0.614. The second kappa shape index (κ2) is 7.11. The first-order valence-corrected chi connectivity index (χ1v) is 10.5. The standard InChI is InChI=1S/C20H22N2O3S/c23-26(24,17-8-2-1-3-9-17)20-18-14-16(10-11-19(18)21-22-20)25-13-12-15-6-4-5-7-15/h1-3,8-11,14-15H,4-7,12-13H2,(H,21,22). The molecule has 136 valence electrons. The number of nitrogens with one attached hydrogen (secondary N) is 1. The van der Waals surface area contributed by atoms with Gasteiger partial charge in [0.25, 0.3) is 0 Å². The molecule has 1 fully saturated rings. The lowest BCUT2D eigenvalue weighted by Gasteiger charge is -2.10. The van der Waals surface area contributed by atoms with Gasteiger partial charge in [0.15, 0.2) is 5.03 Å². The van der Waals surface area contributed by atoms with Gasteiger partial charge >= 0.3 is 0 Å². The fourth-order valence-corrected chi connectivity index (χ4v) is 4.99. The van der Waals surface area contributed by atoms with Gasteiger partial charge in [-0.2, -0.15) is 5.10 Å². The summed E-state index contributed by atoms with van der Waals surface area (Å²) in [6.07, 6.45) is 6.30. The number of hydrogen-bond donors (Lipinski definition) is 1. The van der Waals surface area contributed by atoms with Gasteiger partial charge in [0.1, 0.15) is 5.75 Å². The molecule has 1 aliphatic carbocycles. The number of benzene rings is 2. The Morgan fingerprint density at radius 1 is 1.08 bits per heavy atom. The lowest BCUT2D eigenvalue weighted by Crippen LogP contribution is -2.04. The fraction of sp³-hybridized carbons (Fsp3) is 0.350. The topological polar surface area (TPSA) is 72.0 Å². The largest absolute Gasteiger partial charge is 0.494 e. The van der Waals surface area contributed by atoms with E-state index in [9.17, 15) is 8.42 Å². The van der Waals surface area contributed by atoms with Crippen molar-refractivity contribution in [3.63, 3.8) is 0 Å². The smallest absolute Gasteiger partial charge is 0.223 e. The van der Waals surface area contributed by atoms with Crippen LogP contribution in [0.25, 0.3) is 10.9 Å². The van der Waals surface area contributed by atoms with Gasteiger partial charge in [0.05, 0.1) is 17.0 Å². The average molecular weight is 370 g/mol. The van der Waals surface area contributed by atoms with Crippen molar-refractivity contribution in [1.29, 1.82) is 0 Å². The number of sulfone groups is 1. The maximum atomic E-state index is 12.9. The molecule has 1 aromatic heterocycles. The summed E-state index contributed by atoms with van der Waals surface area (Å²) in [5, 5.41) is 7.50. The molecule has 5 nitrogen and oxygen atoms in total. The van der Waals surface area contributed by atoms with Crippen molar-refractivity contribution in [2.75, 3.05) is 6.61 Å². The third-order valence-corrected chi connectivity index (χ3v) is 6.82. The van der Waals surface area contributed by atoms with Gasteiger partial charge in [0.2, 0.25) is 9.84 Å². The number of hydrogen-bond acceptors (Lipinski definition) is 4. The molecule has 0 spiro atoms. The minimum Gasteiger partial charge on any atom is -0.494 e. The highest BCUT2D eigenvalue weighted by atomic mass is 32.2. The highest BCUT2D eigenvalue weighted by Crippen LogP contribution is 2.30. The van der Waals surface area contributed by atoms with E-state index < -0.39 is 9.84 Å². The zero-order valence-corrected chi connectivity index (χ0v) is 15.3. The SMILES string of the molecule is O=S(=O)(c1ccccc1)c1[nH]nc2ccc(OCCC3CCCC3)cc12. The van der Waals surface area contributed by atoms with Gasteiger partial charge in [-0.3, -0.25) is 5.10 Å². The van der Waals surface area contributed by atoms with Gasteiger partial charge in [0, 0.05) is 5.39 Å². The molecule has 1 aliphatic rings. The molecule has 1 heterocycles. The molecule has 0 atom stereocenters. The molecular weight excluding hydrogens is 348 g/mol. The van der Waals surface area contributed by atoms with Gasteiger partial charge < -0.3 is 4.74 Å². The Labute approximate surface area is 153 Å². The maximum Gasteiger partial charge on any atom is 0.223 e. The predicted molar refractivity (Wildman–Crippen MR) is 100 cm³/mol. The number of ether oxygens (including phenoxy) is 1. The van der Waals surface area contributed by atoms with Crippen LogP contribution in [0.3, 0.4) is 0 Å². The second-order valence-corrected chi connectivity index (χ2v) is 8.72. The molecule has 26 heavy (non-hydrogen) atoms. The fourth-order valence-electron chi connectivity index (χ4n) is 3.62. The second-order valence-electron chi connectivity index (χ2n) is 6.84. The molecule has 0 bridgehead atoms. The van der Waals surface area contributed by atoms with E-state index >= 15 is 0 Å². The Morgan fingerprint density at radius 2 is 1.85 bits per heavy atom. The van der Waals surface area contributed by atoms with Crippen LogP contribution in [0.4, 0.5) is 0 Å². The third-order valence-electron chi connectivity index (χ3n) is 5.08. The van der Waals surface area contributed by atoms with Crippen molar-refractivity contribution in [3.05, 3.63) is 48.5 Å². The minimum atomic E-state index is -3.65. The number of fused-ring (bicyclic) bond motifs is 1. The van der Waals surface area contributed by atoms with Crippen LogP contribution in [-0.4, -0.2) is 25.2 Å². The van der Waals surface area contributed by atoms with Crippen LogP contribution in [0.1, 0.15) is 32.1 Å². The van der Waals surface area contributed by atoms with Crippen molar-refractivity contribution in [1.82, 2.24) is 10.2 Å². The number of H-pyrrole nitrogens is 1. The van der Waals surface area contributed by atoms with Crippen LogP contribution in [-0.2, 0) is 9.84 Å². The summed E-state index contributed by atoms with van der Waals surface area (Å²) in [6, 6.07) is 13.8. The summed E-state index contributed by atoms with van der Waals surface area (Å²) in [7, 11) is -3.65. The molecular formula is C20H22N2O3S. The van der Waals surface area contributed by atoms with Crippen molar-refractivity contribution in [2.24, 2.45) is 5.92 Å². The Morgan fingerprint density at radius 3 is 2.62 bits per heavy atom. The van der Waals surface area contributed by atoms with Gasteiger partial charge in [-0.15, -0.1) is 0 Å². The van der Waals surface area contributed by atoms with E-state index in [1.165, 1.54) is 25.7 Å². The normalized spacial score (nSPS) is 15.5. The number of rotatable bonds is 6. The molecule has 0 unspecified atom stereocenters. The van der Waals surface area contributed by atoms with E-state index in [0.717, 1.165) is 12.3 Å². The van der Waals surface area contributed by atoms with Crippen LogP contribution in [0.5, 0.6) is 5.75 Å². The first-order chi connectivity index (χ1) is 12.6. The predicted octanol–water partition coefficient (Wildman–Crippen LogP) is 4.35. The molecule has 0 radical (unpaired) electrons. The van der Waals surface area contributed by atoms with Crippen LogP contribution >= 0.6 is 0 Å². The first kappa shape index (κ1) is 17.1. The molecule has 0 aliphatic heterocycles. The zero-order valence-electron chi connectivity index (χ0n) is 14.5. The van der Waals surface area contributed by atoms with Crippen LogP contribution in [0.2, 0.25) is 0 Å². The molecule has 6 heteroatoms. The highest BCUT2D eigenvalue weighted by molar-refractivity contribution is 7.91. The monoisotopic (exact) mass is 370 g/mol. The highest BCUT2D eigenvalue weighted by Gasteiger charge is 2.23. The summed E-state index contributed by atoms with van der Waals surface area (Å²) in [5.74, 6) is 1.45. The minimum absolute atomic E-state index is 0.111. The Balaban J connectivity index is 1.58. The summed E-state index contributed by atoms with van der Waals surface area (Å²) in [4.78, 5) is 0.248. The van der Waals surface area contributed by atoms with E-state index in [2.05, 4.69) is 10.2 Å². The van der Waals surface area contributed by atoms with Crippen LogP contribution in [0, 0.1) is 5.92 Å². The van der Waals surface area contributed by atoms with E-state index in [0.29, 0.717) is 23.3 Å². The summed E-state index contributed by atoms with van der Waals surface area (Å²) in [6.45, 7) is 0.662. The summed E-state index contributed by atoms with van der Waals surface area (Å²) >= 11 is 0. The molecule has 1 N–H and O–H groups in total. The number of nitrogens with zero attached hydrogens (tertiary/aromatic N) is 1. The quantitative estimate of drug-likeness (QED) is 0.700. The zero-order chi connectivity index (χ0) is 18.0. The first-order valence-electron chi connectivity index (χ1n) is 9.06. The van der Waals surface area contributed by atoms with Gasteiger partial charge in [-0.05, 0) is 42.7 Å². The van der Waals surface area contributed by atoms with Gasteiger partial charge in [-0.25, -0.2) is 8.42 Å². The van der Waals surface area contributed by atoms with E-state index in [1.807, 2.05) is 6.07 Å². The van der Waals surface area contributed by atoms with Crippen LogP contribution in [0.15, 0.2) is 58.5 Å². The average Bonchev–Trinajstić information content (AvgIpc) is 3.32. The lowest BCUT2D eigenvalue weighted by atomic mass is 10.1. The van der Waals surface area contributed by atoms with Crippen LogP contribution < -0.4 is 4.74 Å². The number of aromatic nitrogens is 2.